The Morgan fingerprint density at radius 2 is 2.09 bits per heavy atom. The normalized spacial score (nSPS) is 37.5. The number of allylic oxidation sites excluding steroid dienone is 1. The van der Waals surface area contributed by atoms with Crippen molar-refractivity contribution in [2.45, 2.75) is 44.5 Å². The lowest BCUT2D eigenvalue weighted by Gasteiger charge is -2.57. The minimum absolute atomic E-state index is 0.000126. The van der Waals surface area contributed by atoms with E-state index >= 15 is 0 Å². The van der Waals surface area contributed by atoms with Crippen LogP contribution in [0.1, 0.15) is 38.7 Å². The summed E-state index contributed by atoms with van der Waals surface area (Å²) >= 11 is 6.31. The van der Waals surface area contributed by atoms with Gasteiger partial charge < -0.3 is 9.84 Å². The molecule has 0 spiro atoms. The van der Waals surface area contributed by atoms with Gasteiger partial charge in [-0.15, -0.1) is 0 Å². The van der Waals surface area contributed by atoms with Gasteiger partial charge in [-0.1, -0.05) is 42.8 Å². The summed E-state index contributed by atoms with van der Waals surface area (Å²) in [6.07, 6.45) is 2.91. The third kappa shape index (κ3) is 2.40. The highest BCUT2D eigenvalue weighted by atomic mass is 35.5. The van der Waals surface area contributed by atoms with Gasteiger partial charge in [-0.25, -0.2) is 4.89 Å². The fourth-order valence-corrected chi connectivity index (χ4v) is 4.27. The van der Waals surface area contributed by atoms with Crippen LogP contribution in [-0.2, 0) is 20.3 Å². The molecule has 2 fully saturated rings. The number of hydrogen-bond acceptors (Lipinski definition) is 4. The van der Waals surface area contributed by atoms with Crippen molar-refractivity contribution in [1.29, 1.82) is 0 Å². The molecule has 0 aromatic heterocycles. The predicted molar refractivity (Wildman–Crippen MR) is 88.0 cm³/mol. The van der Waals surface area contributed by atoms with Crippen molar-refractivity contribution < 1.29 is 19.6 Å². The number of rotatable bonds is 3. The molecule has 4 nitrogen and oxygen atoms in total. The average molecular weight is 339 g/mol. The molecule has 1 aliphatic carbocycles. The van der Waals surface area contributed by atoms with Crippen molar-refractivity contribution >= 4 is 11.6 Å². The highest BCUT2D eigenvalue weighted by Crippen LogP contribution is 2.58. The minimum atomic E-state index is -1.13. The van der Waals surface area contributed by atoms with Crippen LogP contribution in [-0.4, -0.2) is 17.8 Å². The van der Waals surface area contributed by atoms with E-state index in [2.05, 4.69) is 13.5 Å². The van der Waals surface area contributed by atoms with E-state index in [9.17, 15) is 5.11 Å². The lowest BCUT2D eigenvalue weighted by molar-refractivity contribution is -0.624. The Bertz CT molecular complexity index is 627. The van der Waals surface area contributed by atoms with Gasteiger partial charge in [-0.05, 0) is 38.2 Å². The summed E-state index contributed by atoms with van der Waals surface area (Å²) in [5, 5.41) is 10.2. The van der Waals surface area contributed by atoms with Crippen LogP contribution in [0.2, 0.25) is 5.02 Å². The Balaban J connectivity index is 2.02. The quantitative estimate of drug-likeness (QED) is 0.648. The number of aromatic hydroxyl groups is 1. The summed E-state index contributed by atoms with van der Waals surface area (Å²) in [6.45, 7) is 8.36. The molecule has 1 aromatic carbocycles. The highest BCUT2D eigenvalue weighted by Gasteiger charge is 2.67. The van der Waals surface area contributed by atoms with Crippen molar-refractivity contribution in [3.63, 3.8) is 0 Å². The van der Waals surface area contributed by atoms with Gasteiger partial charge in [0.15, 0.2) is 5.60 Å². The van der Waals surface area contributed by atoms with Crippen molar-refractivity contribution in [3.05, 3.63) is 40.9 Å². The number of ether oxygens (including phenoxy) is 1. The van der Waals surface area contributed by atoms with Gasteiger partial charge in [-0.2, -0.15) is 4.89 Å². The van der Waals surface area contributed by atoms with Crippen LogP contribution in [0, 0.1) is 11.8 Å². The van der Waals surface area contributed by atoms with Gasteiger partial charge in [0.25, 0.3) is 5.79 Å². The molecule has 1 N–H and O–H groups in total. The van der Waals surface area contributed by atoms with Crippen LogP contribution in [0.3, 0.4) is 0 Å². The summed E-state index contributed by atoms with van der Waals surface area (Å²) in [7, 11) is 1.57. The molecular formula is C18H23ClO4. The topological polar surface area (TPSA) is 47.9 Å². The molecular weight excluding hydrogens is 316 g/mol. The Hall–Kier alpha value is -1.07. The van der Waals surface area contributed by atoms with Crippen LogP contribution >= 0.6 is 11.6 Å². The van der Waals surface area contributed by atoms with E-state index in [1.807, 2.05) is 6.92 Å². The first kappa shape index (κ1) is 16.8. The fourth-order valence-electron chi connectivity index (χ4n) is 4.02. The molecule has 1 saturated heterocycles. The van der Waals surface area contributed by atoms with Crippen LogP contribution in [0.25, 0.3) is 0 Å². The molecule has 1 aliphatic heterocycles. The smallest absolute Gasteiger partial charge is 0.261 e. The van der Waals surface area contributed by atoms with Gasteiger partial charge >= 0.3 is 0 Å². The van der Waals surface area contributed by atoms with Gasteiger partial charge in [0.1, 0.15) is 5.75 Å². The Morgan fingerprint density at radius 3 is 2.65 bits per heavy atom. The standard InChI is InChI=1S/C18H23ClO4/c1-11-8-12(2)10-13(9-11)17(3)18(21-4,23-22-17)14-6-5-7-15(20)16(14)19/h5-7,12-13,20H,1,8-10H2,2-4H3. The Kier molecular flexibility index (Phi) is 4.21. The van der Waals surface area contributed by atoms with Crippen LogP contribution < -0.4 is 0 Å². The minimum Gasteiger partial charge on any atom is -0.506 e. The second-order valence-electron chi connectivity index (χ2n) is 6.93. The monoisotopic (exact) mass is 338 g/mol. The molecule has 0 radical (unpaired) electrons. The van der Waals surface area contributed by atoms with Crippen molar-refractivity contribution in [2.75, 3.05) is 7.11 Å². The first-order chi connectivity index (χ1) is 10.8. The zero-order chi connectivity index (χ0) is 16.8. The van der Waals surface area contributed by atoms with E-state index in [0.29, 0.717) is 11.5 Å². The molecule has 1 heterocycles. The molecule has 126 valence electrons. The van der Waals surface area contributed by atoms with E-state index in [4.69, 9.17) is 26.1 Å². The van der Waals surface area contributed by atoms with Gasteiger partial charge in [0.2, 0.25) is 0 Å². The third-order valence-corrected chi connectivity index (χ3v) is 5.64. The molecule has 4 atom stereocenters. The lowest BCUT2D eigenvalue weighted by Crippen LogP contribution is -2.68. The number of halogens is 1. The molecule has 1 aromatic rings. The second kappa shape index (κ2) is 5.78. The average Bonchev–Trinajstić information content (AvgIpc) is 2.49. The van der Waals surface area contributed by atoms with Crippen LogP contribution in [0.15, 0.2) is 30.4 Å². The summed E-state index contributed by atoms with van der Waals surface area (Å²) in [5.41, 5.74) is 1.10. The maximum atomic E-state index is 9.95. The van der Waals surface area contributed by atoms with Gasteiger partial charge in [-0.3, -0.25) is 0 Å². The fraction of sp³-hybridized carbons (Fsp3) is 0.556. The largest absolute Gasteiger partial charge is 0.506 e. The third-order valence-electron chi connectivity index (χ3n) is 5.24. The first-order valence-electron chi connectivity index (χ1n) is 7.90. The van der Waals surface area contributed by atoms with Crippen molar-refractivity contribution in [2.24, 2.45) is 11.8 Å². The number of methoxy groups -OCH3 is 1. The number of hydrogen-bond donors (Lipinski definition) is 1. The second-order valence-corrected chi connectivity index (χ2v) is 7.31. The Labute approximate surface area is 141 Å². The first-order valence-corrected chi connectivity index (χ1v) is 8.28. The number of phenolic OH excluding ortho intramolecular Hbond substituents is 1. The zero-order valence-electron chi connectivity index (χ0n) is 13.8. The van der Waals surface area contributed by atoms with Crippen LogP contribution in [0.4, 0.5) is 0 Å². The molecule has 3 rings (SSSR count). The van der Waals surface area contributed by atoms with E-state index in [0.717, 1.165) is 19.3 Å². The lowest BCUT2D eigenvalue weighted by atomic mass is 9.67. The van der Waals surface area contributed by atoms with E-state index in [1.165, 1.54) is 11.6 Å². The zero-order valence-corrected chi connectivity index (χ0v) is 14.5. The summed E-state index contributed by atoms with van der Waals surface area (Å²) < 4.78 is 5.76. The molecule has 0 bridgehead atoms. The van der Waals surface area contributed by atoms with E-state index < -0.39 is 11.4 Å². The predicted octanol–water partition coefficient (Wildman–Crippen LogP) is 4.56. The molecule has 1 saturated carbocycles. The van der Waals surface area contributed by atoms with E-state index in [1.54, 1.807) is 19.2 Å². The summed E-state index contributed by atoms with van der Waals surface area (Å²) in [5.74, 6) is -0.396. The number of phenols is 1. The summed E-state index contributed by atoms with van der Waals surface area (Å²) in [4.78, 5) is 11.1. The van der Waals surface area contributed by atoms with Crippen molar-refractivity contribution in [1.82, 2.24) is 0 Å². The molecule has 2 aliphatic rings. The maximum Gasteiger partial charge on any atom is 0.261 e. The molecule has 0 amide bonds. The van der Waals surface area contributed by atoms with E-state index in [-0.39, 0.29) is 16.7 Å². The summed E-state index contributed by atoms with van der Waals surface area (Å²) in [6, 6.07) is 5.06. The van der Waals surface area contributed by atoms with Gasteiger partial charge in [0, 0.05) is 18.6 Å². The number of benzene rings is 1. The molecule has 4 unspecified atom stereocenters. The molecule has 5 heteroatoms. The highest BCUT2D eigenvalue weighted by molar-refractivity contribution is 6.32. The van der Waals surface area contributed by atoms with Crippen LogP contribution in [0.5, 0.6) is 5.75 Å². The van der Waals surface area contributed by atoms with Crippen molar-refractivity contribution in [3.8, 4) is 5.75 Å². The SMILES string of the molecule is C=C1CC(C)CC(C2(C)OOC2(OC)c2cccc(O)c2Cl)C1. The molecule has 23 heavy (non-hydrogen) atoms. The Morgan fingerprint density at radius 1 is 1.35 bits per heavy atom. The van der Waals surface area contributed by atoms with Gasteiger partial charge in [0.05, 0.1) is 5.02 Å². The maximum absolute atomic E-state index is 9.95.